The molecule has 0 saturated heterocycles. The van der Waals surface area contributed by atoms with Crippen LogP contribution in [0.3, 0.4) is 0 Å². The smallest absolute Gasteiger partial charge is 0.137 e. The predicted octanol–water partition coefficient (Wildman–Crippen LogP) is 2.67. The van der Waals surface area contributed by atoms with Gasteiger partial charge in [-0.1, -0.05) is 11.6 Å². The highest BCUT2D eigenvalue weighted by Crippen LogP contribution is 2.29. The van der Waals surface area contributed by atoms with E-state index in [4.69, 9.17) is 16.3 Å². The van der Waals surface area contributed by atoms with E-state index in [0.29, 0.717) is 27.3 Å². The van der Waals surface area contributed by atoms with E-state index < -0.39 is 6.10 Å². The zero-order valence-corrected chi connectivity index (χ0v) is 10.7. The van der Waals surface area contributed by atoms with Gasteiger partial charge in [-0.05, 0) is 13.0 Å². The zero-order chi connectivity index (χ0) is 12.3. The van der Waals surface area contributed by atoms with Crippen molar-refractivity contribution in [1.82, 2.24) is 9.97 Å². The Bertz CT molecular complexity index is 504. The number of hydrogen-bond acceptors (Lipinski definition) is 5. The maximum atomic E-state index is 10.1. The molecule has 1 unspecified atom stereocenters. The molecule has 2 aromatic rings. The van der Waals surface area contributed by atoms with Gasteiger partial charge in [0.2, 0.25) is 0 Å². The largest absolute Gasteiger partial charge is 0.492 e. The van der Waals surface area contributed by atoms with E-state index in [0.717, 1.165) is 0 Å². The molecule has 2 aromatic heterocycles. The number of aromatic nitrogens is 2. The van der Waals surface area contributed by atoms with Gasteiger partial charge in [-0.3, -0.25) is 4.98 Å². The quantitative estimate of drug-likeness (QED) is 0.928. The minimum absolute atomic E-state index is 0.547. The van der Waals surface area contributed by atoms with Crippen molar-refractivity contribution in [2.75, 3.05) is 6.61 Å². The Morgan fingerprint density at radius 2 is 2.29 bits per heavy atom. The monoisotopic (exact) mass is 270 g/mol. The van der Waals surface area contributed by atoms with Crippen LogP contribution < -0.4 is 4.74 Å². The highest BCUT2D eigenvalue weighted by molar-refractivity contribution is 7.15. The molecule has 0 aliphatic heterocycles. The summed E-state index contributed by atoms with van der Waals surface area (Å²) in [5, 5.41) is 10.6. The number of aliphatic hydroxyl groups is 1. The van der Waals surface area contributed by atoms with E-state index in [1.165, 1.54) is 17.5 Å². The van der Waals surface area contributed by atoms with E-state index >= 15 is 0 Å². The third kappa shape index (κ3) is 2.94. The molecule has 2 heterocycles. The minimum atomic E-state index is -0.819. The first-order valence-corrected chi connectivity index (χ1v) is 6.27. The molecule has 0 aromatic carbocycles. The van der Waals surface area contributed by atoms with Crippen molar-refractivity contribution in [2.45, 2.75) is 13.0 Å². The molecule has 6 heteroatoms. The predicted molar refractivity (Wildman–Crippen MR) is 66.6 cm³/mol. The highest BCUT2D eigenvalue weighted by atomic mass is 35.5. The maximum absolute atomic E-state index is 10.1. The fraction of sp³-hybridized carbons (Fsp3) is 0.273. The van der Waals surface area contributed by atoms with E-state index in [-0.39, 0.29) is 0 Å². The summed E-state index contributed by atoms with van der Waals surface area (Å²) in [5.41, 5.74) is 0.641. The molecule has 0 bridgehead atoms. The zero-order valence-electron chi connectivity index (χ0n) is 9.13. The van der Waals surface area contributed by atoms with Crippen LogP contribution in [0.25, 0.3) is 0 Å². The van der Waals surface area contributed by atoms with Crippen LogP contribution in [-0.2, 0) is 0 Å². The molecule has 0 spiro atoms. The van der Waals surface area contributed by atoms with Crippen LogP contribution in [-0.4, -0.2) is 21.7 Å². The molecule has 2 rings (SSSR count). The normalized spacial score (nSPS) is 12.4. The first-order chi connectivity index (χ1) is 8.20. The third-order valence-electron chi connectivity index (χ3n) is 2.09. The van der Waals surface area contributed by atoms with Crippen molar-refractivity contribution in [1.29, 1.82) is 0 Å². The van der Waals surface area contributed by atoms with Crippen molar-refractivity contribution in [3.63, 3.8) is 0 Å². The Labute approximate surface area is 108 Å². The molecule has 0 saturated carbocycles. The van der Waals surface area contributed by atoms with Crippen LogP contribution in [0, 0.1) is 0 Å². The molecule has 1 atom stereocenters. The Balaban J connectivity index is 2.24. The molecular weight excluding hydrogens is 260 g/mol. The van der Waals surface area contributed by atoms with Crippen LogP contribution in [0.4, 0.5) is 0 Å². The van der Waals surface area contributed by atoms with Crippen molar-refractivity contribution in [2.24, 2.45) is 0 Å². The molecule has 17 heavy (non-hydrogen) atoms. The highest BCUT2D eigenvalue weighted by Gasteiger charge is 2.15. The fourth-order valence-corrected chi connectivity index (χ4v) is 2.31. The van der Waals surface area contributed by atoms with Gasteiger partial charge in [0.15, 0.2) is 0 Å². The van der Waals surface area contributed by atoms with Gasteiger partial charge in [0.05, 0.1) is 19.0 Å². The third-order valence-corrected chi connectivity index (χ3v) is 3.26. The van der Waals surface area contributed by atoms with Gasteiger partial charge >= 0.3 is 0 Å². The molecule has 4 nitrogen and oxygen atoms in total. The molecule has 0 aliphatic carbocycles. The van der Waals surface area contributed by atoms with Crippen molar-refractivity contribution < 1.29 is 9.84 Å². The molecular formula is C11H11ClN2O2S. The van der Waals surface area contributed by atoms with Crippen LogP contribution in [0.2, 0.25) is 4.34 Å². The van der Waals surface area contributed by atoms with Crippen molar-refractivity contribution in [3.05, 3.63) is 39.6 Å². The maximum Gasteiger partial charge on any atom is 0.137 e. The lowest BCUT2D eigenvalue weighted by atomic mass is 10.2. The van der Waals surface area contributed by atoms with Crippen LogP contribution in [0.5, 0.6) is 5.75 Å². The van der Waals surface area contributed by atoms with Crippen LogP contribution >= 0.6 is 22.9 Å². The second kappa shape index (κ2) is 5.44. The summed E-state index contributed by atoms with van der Waals surface area (Å²) in [4.78, 5) is 8.05. The van der Waals surface area contributed by atoms with E-state index in [1.807, 2.05) is 6.92 Å². The second-order valence-electron chi connectivity index (χ2n) is 3.29. The number of halogens is 1. The number of hydrogen-bond donors (Lipinski definition) is 1. The minimum Gasteiger partial charge on any atom is -0.492 e. The average molecular weight is 271 g/mol. The molecule has 0 radical (unpaired) electrons. The van der Waals surface area contributed by atoms with Gasteiger partial charge in [-0.25, -0.2) is 4.98 Å². The Hall–Kier alpha value is -1.17. The van der Waals surface area contributed by atoms with Crippen molar-refractivity contribution >= 4 is 22.9 Å². The standard InChI is InChI=1S/C11H11ClN2O2S/c1-2-16-8-3-7(4-13-5-8)10(15)11-14-6-9(12)17-11/h3-6,10,15H,2H2,1H3. The lowest BCUT2D eigenvalue weighted by Crippen LogP contribution is -2.01. The molecule has 1 N–H and O–H groups in total. The lowest BCUT2D eigenvalue weighted by molar-refractivity contribution is 0.218. The number of pyridine rings is 1. The second-order valence-corrected chi connectivity index (χ2v) is 4.99. The lowest BCUT2D eigenvalue weighted by Gasteiger charge is -2.09. The summed E-state index contributed by atoms with van der Waals surface area (Å²) >= 11 is 7.02. The number of aliphatic hydroxyl groups excluding tert-OH is 1. The summed E-state index contributed by atoms with van der Waals surface area (Å²) in [6, 6.07) is 1.75. The van der Waals surface area contributed by atoms with Gasteiger partial charge in [0.25, 0.3) is 0 Å². The first-order valence-electron chi connectivity index (χ1n) is 5.07. The Morgan fingerprint density at radius 3 is 2.94 bits per heavy atom. The summed E-state index contributed by atoms with van der Waals surface area (Å²) in [7, 11) is 0. The molecule has 90 valence electrons. The van der Waals surface area contributed by atoms with Crippen LogP contribution in [0.15, 0.2) is 24.7 Å². The fourth-order valence-electron chi connectivity index (χ4n) is 1.37. The first kappa shape index (κ1) is 12.3. The summed E-state index contributed by atoms with van der Waals surface area (Å²) < 4.78 is 5.87. The topological polar surface area (TPSA) is 55.2 Å². The van der Waals surface area contributed by atoms with Crippen molar-refractivity contribution in [3.8, 4) is 5.75 Å². The molecule has 0 aliphatic rings. The number of nitrogens with zero attached hydrogens (tertiary/aromatic N) is 2. The number of rotatable bonds is 4. The van der Waals surface area contributed by atoms with Crippen LogP contribution in [0.1, 0.15) is 23.6 Å². The Morgan fingerprint density at radius 1 is 1.47 bits per heavy atom. The van der Waals surface area contributed by atoms with E-state index in [1.54, 1.807) is 18.5 Å². The summed E-state index contributed by atoms with van der Waals surface area (Å²) in [6.45, 7) is 2.45. The van der Waals surface area contributed by atoms with Gasteiger partial charge in [-0.15, -0.1) is 11.3 Å². The van der Waals surface area contributed by atoms with E-state index in [9.17, 15) is 5.11 Å². The molecule has 0 amide bonds. The number of ether oxygens (including phenoxy) is 1. The SMILES string of the molecule is CCOc1cncc(C(O)c2ncc(Cl)s2)c1. The Kier molecular flexibility index (Phi) is 3.93. The van der Waals surface area contributed by atoms with Gasteiger partial charge in [-0.2, -0.15) is 0 Å². The van der Waals surface area contributed by atoms with Gasteiger partial charge in [0.1, 0.15) is 21.2 Å². The van der Waals surface area contributed by atoms with Gasteiger partial charge < -0.3 is 9.84 Å². The summed E-state index contributed by atoms with van der Waals surface area (Å²) in [5.74, 6) is 0.631. The van der Waals surface area contributed by atoms with Gasteiger partial charge in [0, 0.05) is 11.8 Å². The summed E-state index contributed by atoms with van der Waals surface area (Å²) in [6.07, 6.45) is 3.89. The number of thiazole rings is 1. The average Bonchev–Trinajstić information content (AvgIpc) is 2.76. The molecule has 0 fully saturated rings. The van der Waals surface area contributed by atoms with E-state index in [2.05, 4.69) is 9.97 Å².